The van der Waals surface area contributed by atoms with Crippen LogP contribution in [0.2, 0.25) is 0 Å². The number of halogens is 1. The van der Waals surface area contributed by atoms with E-state index < -0.39 is 11.7 Å². The van der Waals surface area contributed by atoms with Crippen LogP contribution in [0, 0.1) is 5.82 Å². The van der Waals surface area contributed by atoms with Gasteiger partial charge >= 0.3 is 0 Å². The number of thiazole rings is 1. The molecular formula is C22H19FN4O3S. The summed E-state index contributed by atoms with van der Waals surface area (Å²) >= 11 is 1.32. The number of rotatable bonds is 6. The summed E-state index contributed by atoms with van der Waals surface area (Å²) < 4.78 is 21.1. The van der Waals surface area contributed by atoms with Crippen molar-refractivity contribution in [3.8, 4) is 17.1 Å². The fourth-order valence-corrected chi connectivity index (χ4v) is 3.99. The molecule has 1 N–H and O–H groups in total. The van der Waals surface area contributed by atoms with Crippen LogP contribution in [0.15, 0.2) is 53.3 Å². The largest absolute Gasteiger partial charge is 0.497 e. The van der Waals surface area contributed by atoms with Crippen LogP contribution in [0.1, 0.15) is 12.6 Å². The van der Waals surface area contributed by atoms with Crippen molar-refractivity contribution in [3.63, 3.8) is 0 Å². The number of hydrogen-bond donors (Lipinski definition) is 1. The van der Waals surface area contributed by atoms with Crippen LogP contribution >= 0.6 is 11.3 Å². The second kappa shape index (κ2) is 8.65. The number of hydrogen-bond acceptors (Lipinski definition) is 6. The Balaban J connectivity index is 1.64. The Kier molecular flexibility index (Phi) is 5.77. The van der Waals surface area contributed by atoms with Crippen LogP contribution in [0.25, 0.3) is 21.6 Å². The van der Waals surface area contributed by atoms with E-state index in [9.17, 15) is 14.0 Å². The van der Waals surface area contributed by atoms with E-state index in [0.717, 1.165) is 4.70 Å². The van der Waals surface area contributed by atoms with Crippen molar-refractivity contribution in [2.45, 2.75) is 19.9 Å². The maximum absolute atomic E-state index is 13.8. The molecule has 0 atom stereocenters. The zero-order valence-corrected chi connectivity index (χ0v) is 17.7. The van der Waals surface area contributed by atoms with E-state index in [1.165, 1.54) is 40.2 Å². The second-order valence-electron chi connectivity index (χ2n) is 6.76. The number of methoxy groups -OCH3 is 1. The van der Waals surface area contributed by atoms with Gasteiger partial charge in [-0.15, -0.1) is 0 Å². The van der Waals surface area contributed by atoms with Gasteiger partial charge in [-0.2, -0.15) is 0 Å². The first-order chi connectivity index (χ1) is 15.0. The molecule has 9 heteroatoms. The van der Waals surface area contributed by atoms with Gasteiger partial charge in [-0.25, -0.2) is 14.4 Å². The molecule has 0 saturated carbocycles. The number of fused-ring (bicyclic) bond motifs is 1. The molecule has 4 aromatic rings. The van der Waals surface area contributed by atoms with Crippen LogP contribution in [0.3, 0.4) is 0 Å². The number of nitrogens with one attached hydrogen (secondary N) is 1. The Labute approximate surface area is 181 Å². The van der Waals surface area contributed by atoms with Gasteiger partial charge in [0.2, 0.25) is 5.91 Å². The lowest BCUT2D eigenvalue weighted by molar-refractivity contribution is -0.116. The van der Waals surface area contributed by atoms with Gasteiger partial charge in [-0.3, -0.25) is 14.2 Å². The Hall–Kier alpha value is -3.59. The van der Waals surface area contributed by atoms with Crippen LogP contribution in [0.4, 0.5) is 9.52 Å². The fourth-order valence-electron chi connectivity index (χ4n) is 3.13. The molecule has 0 aliphatic rings. The van der Waals surface area contributed by atoms with E-state index in [1.54, 1.807) is 19.2 Å². The van der Waals surface area contributed by atoms with Crippen molar-refractivity contribution in [1.29, 1.82) is 0 Å². The number of nitrogens with zero attached hydrogens (tertiary/aromatic N) is 3. The first-order valence-electron chi connectivity index (χ1n) is 9.58. The minimum atomic E-state index is -0.449. The first-order valence-corrected chi connectivity index (χ1v) is 10.4. The molecule has 31 heavy (non-hydrogen) atoms. The highest BCUT2D eigenvalue weighted by Gasteiger charge is 2.16. The van der Waals surface area contributed by atoms with Crippen molar-refractivity contribution in [1.82, 2.24) is 14.5 Å². The third kappa shape index (κ3) is 4.46. The van der Waals surface area contributed by atoms with Crippen molar-refractivity contribution >= 4 is 32.6 Å². The molecule has 0 bridgehead atoms. The van der Waals surface area contributed by atoms with Gasteiger partial charge in [0.15, 0.2) is 5.13 Å². The summed E-state index contributed by atoms with van der Waals surface area (Å²) in [6.07, 6.45) is 0.541. The average molecular weight is 438 g/mol. The molecule has 0 radical (unpaired) electrons. The van der Waals surface area contributed by atoms with Crippen LogP contribution < -0.4 is 15.6 Å². The normalized spacial score (nSPS) is 10.9. The molecule has 0 aliphatic heterocycles. The van der Waals surface area contributed by atoms with E-state index in [2.05, 4.69) is 15.3 Å². The van der Waals surface area contributed by atoms with Crippen molar-refractivity contribution in [3.05, 3.63) is 70.4 Å². The monoisotopic (exact) mass is 438 g/mol. The van der Waals surface area contributed by atoms with Gasteiger partial charge in [0, 0.05) is 23.4 Å². The summed E-state index contributed by atoms with van der Waals surface area (Å²) in [7, 11) is 1.57. The third-order valence-electron chi connectivity index (χ3n) is 4.65. The number of carbonyl (C=O) groups is 1. The topological polar surface area (TPSA) is 86.1 Å². The lowest BCUT2D eigenvalue weighted by atomic mass is 10.2. The zero-order chi connectivity index (χ0) is 22.0. The fraction of sp³-hybridized carbons (Fsp3) is 0.182. The van der Waals surface area contributed by atoms with Gasteiger partial charge in [-0.05, 0) is 30.7 Å². The summed E-state index contributed by atoms with van der Waals surface area (Å²) in [5.74, 6) is 0.0310. The van der Waals surface area contributed by atoms with Crippen molar-refractivity contribution in [2.75, 3.05) is 12.4 Å². The first kappa shape index (κ1) is 20.7. The minimum Gasteiger partial charge on any atom is -0.497 e. The highest BCUT2D eigenvalue weighted by Crippen LogP contribution is 2.29. The summed E-state index contributed by atoms with van der Waals surface area (Å²) in [6, 6.07) is 12.6. The standard InChI is InChI=1S/C22H19FN4O3S/c1-3-15-10-20(29)27(21(24-15)13-5-4-6-14(23)9-13)12-19(28)26-22-25-17-11-16(30-2)7-8-18(17)31-22/h4-11H,3,12H2,1-2H3,(H,25,26,28). The van der Waals surface area contributed by atoms with Crippen molar-refractivity contribution < 1.29 is 13.9 Å². The second-order valence-corrected chi connectivity index (χ2v) is 7.79. The quantitative estimate of drug-likeness (QED) is 0.494. The van der Waals surface area contributed by atoms with Crippen LogP contribution in [-0.4, -0.2) is 27.6 Å². The van der Waals surface area contributed by atoms with Gasteiger partial charge < -0.3 is 10.1 Å². The molecule has 4 rings (SSSR count). The Morgan fingerprint density at radius 2 is 2.03 bits per heavy atom. The Morgan fingerprint density at radius 1 is 1.19 bits per heavy atom. The molecule has 0 fully saturated rings. The molecule has 0 saturated heterocycles. The molecule has 1 amide bonds. The van der Waals surface area contributed by atoms with E-state index in [-0.39, 0.29) is 17.9 Å². The predicted octanol–water partition coefficient (Wildman–Crippen LogP) is 3.87. The van der Waals surface area contributed by atoms with Crippen LogP contribution in [0.5, 0.6) is 5.75 Å². The number of carbonyl (C=O) groups excluding carboxylic acids is 1. The number of aromatic nitrogens is 3. The predicted molar refractivity (Wildman–Crippen MR) is 118 cm³/mol. The molecular weight excluding hydrogens is 419 g/mol. The average Bonchev–Trinajstić information content (AvgIpc) is 3.15. The third-order valence-corrected chi connectivity index (χ3v) is 5.60. The van der Waals surface area contributed by atoms with Gasteiger partial charge in [-0.1, -0.05) is 30.4 Å². The zero-order valence-electron chi connectivity index (χ0n) is 16.9. The molecule has 2 heterocycles. The SMILES string of the molecule is CCc1cc(=O)n(CC(=O)Nc2nc3cc(OC)ccc3s2)c(-c2cccc(F)c2)n1. The summed E-state index contributed by atoms with van der Waals surface area (Å²) in [5, 5.41) is 3.14. The number of aryl methyl sites for hydroxylation is 1. The number of amides is 1. The molecule has 2 aromatic heterocycles. The van der Waals surface area contributed by atoms with E-state index in [4.69, 9.17) is 4.74 Å². The van der Waals surface area contributed by atoms with E-state index in [1.807, 2.05) is 19.1 Å². The molecule has 158 valence electrons. The van der Waals surface area contributed by atoms with E-state index >= 15 is 0 Å². The lowest BCUT2D eigenvalue weighted by Crippen LogP contribution is -2.30. The molecule has 2 aromatic carbocycles. The van der Waals surface area contributed by atoms with Gasteiger partial charge in [0.1, 0.15) is 23.9 Å². The number of anilines is 1. The van der Waals surface area contributed by atoms with Gasteiger partial charge in [0.25, 0.3) is 5.56 Å². The maximum Gasteiger partial charge on any atom is 0.254 e. The molecule has 0 aliphatic carbocycles. The molecule has 7 nitrogen and oxygen atoms in total. The summed E-state index contributed by atoms with van der Waals surface area (Å²) in [6.45, 7) is 1.59. The Morgan fingerprint density at radius 3 is 2.77 bits per heavy atom. The minimum absolute atomic E-state index is 0.244. The molecule has 0 unspecified atom stereocenters. The van der Waals surface area contributed by atoms with Crippen LogP contribution in [-0.2, 0) is 17.8 Å². The van der Waals surface area contributed by atoms with Crippen molar-refractivity contribution in [2.24, 2.45) is 0 Å². The van der Waals surface area contributed by atoms with Gasteiger partial charge in [0.05, 0.1) is 17.3 Å². The number of ether oxygens (including phenoxy) is 1. The smallest absolute Gasteiger partial charge is 0.254 e. The maximum atomic E-state index is 13.8. The van der Waals surface area contributed by atoms with E-state index in [0.29, 0.717) is 34.1 Å². The molecule has 0 spiro atoms. The Bertz CT molecular complexity index is 1330. The highest BCUT2D eigenvalue weighted by atomic mass is 32.1. The lowest BCUT2D eigenvalue weighted by Gasteiger charge is -2.13. The highest BCUT2D eigenvalue weighted by molar-refractivity contribution is 7.22. The summed E-state index contributed by atoms with van der Waals surface area (Å²) in [4.78, 5) is 34.3. The summed E-state index contributed by atoms with van der Waals surface area (Å²) in [5.41, 5.74) is 1.31. The number of benzene rings is 2.